The van der Waals surface area contributed by atoms with Gasteiger partial charge in [-0.1, -0.05) is 171 Å². The highest BCUT2D eigenvalue weighted by molar-refractivity contribution is 5.58. The minimum atomic E-state index is 0.0234. The second kappa shape index (κ2) is 11.4. The number of hydrogen-bond donors (Lipinski definition) is 0. The Labute approximate surface area is 270 Å². The Morgan fingerprint density at radius 2 is 0.698 bits per heavy atom. The van der Waals surface area contributed by atoms with E-state index in [0.29, 0.717) is 5.92 Å². The van der Waals surface area contributed by atoms with E-state index < -0.39 is 0 Å². The van der Waals surface area contributed by atoms with Crippen LogP contribution in [0.5, 0.6) is 0 Å². The van der Waals surface area contributed by atoms with Crippen LogP contribution in [0.25, 0.3) is 0 Å². The highest BCUT2D eigenvalue weighted by Gasteiger charge is 2.39. The second-order valence-corrected chi connectivity index (χ2v) is 21.0. The van der Waals surface area contributed by atoms with E-state index in [1.807, 2.05) is 0 Å². The van der Waals surface area contributed by atoms with Crippen molar-refractivity contribution in [3.05, 3.63) is 68.3 Å². The maximum Gasteiger partial charge on any atom is -0.0126 e. The van der Waals surface area contributed by atoms with Crippen LogP contribution in [0.1, 0.15) is 208 Å². The van der Waals surface area contributed by atoms with Gasteiger partial charge in [-0.05, 0) is 100 Å². The average molecular weight is 589 g/mol. The van der Waals surface area contributed by atoms with Gasteiger partial charge in [-0.2, -0.15) is 0 Å². The van der Waals surface area contributed by atoms with Crippen LogP contribution in [0.2, 0.25) is 0 Å². The van der Waals surface area contributed by atoms with Gasteiger partial charge < -0.3 is 0 Å². The maximum absolute atomic E-state index is 2.61. The summed E-state index contributed by atoms with van der Waals surface area (Å²) in [5, 5.41) is 0. The third-order valence-corrected chi connectivity index (χ3v) is 9.16. The minimum Gasteiger partial charge on any atom is -0.0581 e. The number of hydrogen-bond acceptors (Lipinski definition) is 0. The van der Waals surface area contributed by atoms with Crippen LogP contribution < -0.4 is 0 Å². The van der Waals surface area contributed by atoms with Gasteiger partial charge in [0, 0.05) is 0 Å². The predicted molar refractivity (Wildman–Crippen MR) is 196 cm³/mol. The zero-order valence-corrected chi connectivity index (χ0v) is 33.0. The van der Waals surface area contributed by atoms with Gasteiger partial charge in [0.05, 0.1) is 0 Å². The Morgan fingerprint density at radius 1 is 0.395 bits per heavy atom. The summed E-state index contributed by atoms with van der Waals surface area (Å²) in [6.45, 7) is 53.3. The van der Waals surface area contributed by atoms with E-state index in [9.17, 15) is 0 Å². The van der Waals surface area contributed by atoms with Crippen LogP contribution in [0.15, 0.2) is 18.2 Å². The van der Waals surface area contributed by atoms with Crippen molar-refractivity contribution in [1.29, 1.82) is 0 Å². The lowest BCUT2D eigenvalue weighted by molar-refractivity contribution is 0.479. The molecule has 0 aromatic heterocycles. The molecule has 2 aromatic carbocycles. The molecule has 0 radical (unpaired) electrons. The Kier molecular flexibility index (Phi) is 9.93. The molecule has 0 amide bonds. The van der Waals surface area contributed by atoms with Crippen molar-refractivity contribution in [2.45, 2.75) is 203 Å². The third kappa shape index (κ3) is 8.19. The van der Waals surface area contributed by atoms with Gasteiger partial charge >= 0.3 is 0 Å². The van der Waals surface area contributed by atoms with Gasteiger partial charge in [0.25, 0.3) is 0 Å². The topological polar surface area (TPSA) is 0 Å². The maximum atomic E-state index is 2.61. The smallest absolute Gasteiger partial charge is 0.0126 e. The van der Waals surface area contributed by atoms with Crippen molar-refractivity contribution < 1.29 is 0 Å². The van der Waals surface area contributed by atoms with E-state index in [4.69, 9.17) is 0 Å². The largest absolute Gasteiger partial charge is 0.0581 e. The number of rotatable bonds is 3. The molecule has 0 bridgehead atoms. The molecule has 0 nitrogen and oxygen atoms in total. The minimum absolute atomic E-state index is 0.0234. The molecule has 1 unspecified atom stereocenters. The average Bonchev–Trinajstić information content (AvgIpc) is 2.72. The standard InChI is InChI=1S/C43H72/c1-27(25-28-29(37(2,3)4)23-24-30(38(5,6)7)34(28)41(14,15)16)33-35(42(17,18)19)31(39(8,9)10)26-32(40(11,12)13)36(33)43(20,21)22/h23-24,26-27H,25H2,1-22H3. The zero-order valence-electron chi connectivity index (χ0n) is 33.0. The van der Waals surface area contributed by atoms with Crippen LogP contribution in [-0.2, 0) is 44.3 Å². The molecule has 0 N–H and O–H groups in total. The van der Waals surface area contributed by atoms with Crippen LogP contribution >= 0.6 is 0 Å². The molecular weight excluding hydrogens is 516 g/mol. The summed E-state index contributed by atoms with van der Waals surface area (Å²) in [4.78, 5) is 0. The normalized spacial score (nSPS) is 15.2. The molecule has 43 heavy (non-hydrogen) atoms. The summed E-state index contributed by atoms with van der Waals surface area (Å²) < 4.78 is 0. The zero-order chi connectivity index (χ0) is 34.1. The molecule has 0 heteroatoms. The molecule has 0 aliphatic carbocycles. The summed E-state index contributed by atoms with van der Waals surface area (Å²) in [5.74, 6) is 0.365. The van der Waals surface area contributed by atoms with E-state index in [1.54, 1.807) is 27.8 Å². The lowest BCUT2D eigenvalue weighted by Gasteiger charge is -2.43. The van der Waals surface area contributed by atoms with E-state index in [-0.39, 0.29) is 37.9 Å². The molecule has 244 valence electrons. The van der Waals surface area contributed by atoms with Crippen LogP contribution in [0, 0.1) is 0 Å². The van der Waals surface area contributed by atoms with Crippen molar-refractivity contribution in [3.8, 4) is 0 Å². The van der Waals surface area contributed by atoms with Gasteiger partial charge in [-0.25, -0.2) is 0 Å². The summed E-state index contributed by atoms with van der Waals surface area (Å²) in [5.41, 5.74) is 14.3. The van der Waals surface area contributed by atoms with Crippen molar-refractivity contribution in [2.75, 3.05) is 0 Å². The SMILES string of the molecule is CC(Cc1c(C(C)(C)C)ccc(C(C)(C)C)c1C(C)(C)C)c1c(C(C)(C)C)c(C(C)(C)C)cc(C(C)(C)C)c1C(C)(C)C. The fraction of sp³-hybridized carbons (Fsp3) is 0.721. The summed E-state index contributed by atoms with van der Waals surface area (Å²) in [6.07, 6.45) is 1.05. The first-order valence-electron chi connectivity index (χ1n) is 17.1. The molecular formula is C43H72. The quantitative estimate of drug-likeness (QED) is 0.334. The van der Waals surface area contributed by atoms with Gasteiger partial charge in [-0.3, -0.25) is 0 Å². The van der Waals surface area contributed by atoms with Crippen molar-refractivity contribution >= 4 is 0 Å². The van der Waals surface area contributed by atoms with Gasteiger partial charge in [0.2, 0.25) is 0 Å². The van der Waals surface area contributed by atoms with Crippen LogP contribution in [-0.4, -0.2) is 0 Å². The highest BCUT2D eigenvalue weighted by Crippen LogP contribution is 2.50. The van der Waals surface area contributed by atoms with E-state index in [1.165, 1.54) is 22.3 Å². The van der Waals surface area contributed by atoms with Crippen LogP contribution in [0.3, 0.4) is 0 Å². The van der Waals surface area contributed by atoms with E-state index >= 15 is 0 Å². The van der Waals surface area contributed by atoms with Crippen LogP contribution in [0.4, 0.5) is 0 Å². The second-order valence-electron chi connectivity index (χ2n) is 21.0. The lowest BCUT2D eigenvalue weighted by atomic mass is 9.62. The molecule has 0 saturated carbocycles. The Morgan fingerprint density at radius 3 is 0.977 bits per heavy atom. The summed E-state index contributed by atoms with van der Waals surface area (Å²) >= 11 is 0. The van der Waals surface area contributed by atoms with Gasteiger partial charge in [0.1, 0.15) is 0 Å². The highest BCUT2D eigenvalue weighted by atomic mass is 14.4. The molecule has 0 heterocycles. The molecule has 1 atom stereocenters. The molecule has 0 spiro atoms. The Hall–Kier alpha value is -1.56. The van der Waals surface area contributed by atoms with E-state index in [2.05, 4.69) is 171 Å². The van der Waals surface area contributed by atoms with Crippen molar-refractivity contribution in [1.82, 2.24) is 0 Å². The molecule has 0 saturated heterocycles. The first-order chi connectivity index (χ1) is 18.7. The summed E-state index contributed by atoms with van der Waals surface area (Å²) in [7, 11) is 0. The first-order valence-corrected chi connectivity index (χ1v) is 17.1. The predicted octanol–water partition coefficient (Wildman–Crippen LogP) is 13.1. The fourth-order valence-electron chi connectivity index (χ4n) is 7.45. The first kappa shape index (κ1) is 37.6. The summed E-state index contributed by atoms with van der Waals surface area (Å²) in [6, 6.07) is 7.53. The fourth-order valence-corrected chi connectivity index (χ4v) is 7.45. The molecule has 0 aliphatic heterocycles. The molecule has 0 aliphatic rings. The van der Waals surface area contributed by atoms with Crippen molar-refractivity contribution in [2.24, 2.45) is 0 Å². The number of benzene rings is 2. The Bertz CT molecular complexity index is 1240. The van der Waals surface area contributed by atoms with E-state index in [0.717, 1.165) is 6.42 Å². The third-order valence-electron chi connectivity index (χ3n) is 9.16. The monoisotopic (exact) mass is 589 g/mol. The lowest BCUT2D eigenvalue weighted by Crippen LogP contribution is -2.33. The van der Waals surface area contributed by atoms with Gasteiger partial charge in [0.15, 0.2) is 0 Å². The Balaban J connectivity index is 3.28. The van der Waals surface area contributed by atoms with Crippen molar-refractivity contribution in [3.63, 3.8) is 0 Å². The van der Waals surface area contributed by atoms with Gasteiger partial charge in [-0.15, -0.1) is 0 Å². The molecule has 2 rings (SSSR count). The molecule has 0 fully saturated rings. The molecule has 2 aromatic rings.